The number of carbonyl (C=O) groups excluding carboxylic acids is 2. The Hall–Kier alpha value is -3.33. The number of benzene rings is 2. The molecule has 3 rings (SSSR count). The fourth-order valence-electron chi connectivity index (χ4n) is 2.42. The summed E-state index contributed by atoms with van der Waals surface area (Å²) in [4.78, 5) is 23.2. The third kappa shape index (κ3) is 3.70. The molecule has 6 nitrogen and oxygen atoms in total. The van der Waals surface area contributed by atoms with E-state index in [4.69, 9.17) is 10.00 Å². The van der Waals surface area contributed by atoms with Crippen LogP contribution in [0.15, 0.2) is 42.5 Å². The van der Waals surface area contributed by atoms with E-state index >= 15 is 0 Å². The lowest BCUT2D eigenvalue weighted by molar-refractivity contribution is -0.118. The Labute approximate surface area is 139 Å². The lowest BCUT2D eigenvalue weighted by Crippen LogP contribution is -2.21. The van der Waals surface area contributed by atoms with Crippen molar-refractivity contribution >= 4 is 23.2 Å². The summed E-state index contributed by atoms with van der Waals surface area (Å²) in [6.45, 7) is -0.120. The fourth-order valence-corrected chi connectivity index (χ4v) is 2.42. The van der Waals surface area contributed by atoms with Gasteiger partial charge in [0.2, 0.25) is 5.91 Å². The van der Waals surface area contributed by atoms with E-state index in [1.807, 2.05) is 12.1 Å². The van der Waals surface area contributed by atoms with Crippen LogP contribution in [0.2, 0.25) is 0 Å². The molecule has 0 spiro atoms. The Balaban J connectivity index is 1.56. The van der Waals surface area contributed by atoms with Gasteiger partial charge in [-0.05, 0) is 54.4 Å². The molecule has 2 N–H and O–H groups in total. The van der Waals surface area contributed by atoms with Crippen molar-refractivity contribution < 1.29 is 14.3 Å². The highest BCUT2D eigenvalue weighted by molar-refractivity contribution is 5.94. The molecule has 0 radical (unpaired) electrons. The van der Waals surface area contributed by atoms with Crippen LogP contribution < -0.4 is 15.4 Å². The third-order valence-corrected chi connectivity index (χ3v) is 3.64. The van der Waals surface area contributed by atoms with E-state index in [-0.39, 0.29) is 18.4 Å². The molecule has 2 aromatic carbocycles. The molecule has 0 saturated carbocycles. The number of amides is 2. The van der Waals surface area contributed by atoms with E-state index in [0.29, 0.717) is 29.8 Å². The van der Waals surface area contributed by atoms with Crippen LogP contribution in [0.5, 0.6) is 5.75 Å². The zero-order valence-electron chi connectivity index (χ0n) is 12.8. The maximum Gasteiger partial charge on any atom is 0.262 e. The summed E-state index contributed by atoms with van der Waals surface area (Å²) >= 11 is 0. The highest BCUT2D eigenvalue weighted by Gasteiger charge is 2.15. The van der Waals surface area contributed by atoms with Gasteiger partial charge >= 0.3 is 0 Å². The first kappa shape index (κ1) is 15.6. The van der Waals surface area contributed by atoms with Crippen LogP contribution in [-0.2, 0) is 16.0 Å². The quantitative estimate of drug-likeness (QED) is 0.905. The number of nitrogens with one attached hydrogen (secondary N) is 2. The zero-order valence-corrected chi connectivity index (χ0v) is 12.8. The van der Waals surface area contributed by atoms with Gasteiger partial charge in [0.15, 0.2) is 6.61 Å². The van der Waals surface area contributed by atoms with Gasteiger partial charge in [-0.1, -0.05) is 0 Å². The molecular weight excluding hydrogens is 306 g/mol. The maximum atomic E-state index is 11.9. The van der Waals surface area contributed by atoms with Crippen LogP contribution >= 0.6 is 0 Å². The topological polar surface area (TPSA) is 91.2 Å². The molecule has 0 saturated heterocycles. The summed E-state index contributed by atoms with van der Waals surface area (Å²) in [5, 5.41) is 14.2. The first-order valence-electron chi connectivity index (χ1n) is 7.49. The van der Waals surface area contributed by atoms with Gasteiger partial charge in [-0.25, -0.2) is 0 Å². The minimum atomic E-state index is -0.286. The zero-order chi connectivity index (χ0) is 16.9. The second-order valence-corrected chi connectivity index (χ2v) is 5.39. The third-order valence-electron chi connectivity index (χ3n) is 3.64. The van der Waals surface area contributed by atoms with Crippen molar-refractivity contribution in [1.29, 1.82) is 5.26 Å². The van der Waals surface area contributed by atoms with Crippen LogP contribution in [0.1, 0.15) is 17.5 Å². The minimum Gasteiger partial charge on any atom is -0.484 e. The Bertz CT molecular complexity index is 822. The first-order valence-corrected chi connectivity index (χ1v) is 7.49. The number of anilines is 2. The van der Waals surface area contributed by atoms with E-state index in [1.54, 1.807) is 36.4 Å². The largest absolute Gasteiger partial charge is 0.484 e. The second kappa shape index (κ2) is 6.84. The molecule has 120 valence electrons. The maximum absolute atomic E-state index is 11.9. The molecule has 1 aliphatic rings. The van der Waals surface area contributed by atoms with Crippen LogP contribution in [0.4, 0.5) is 11.4 Å². The van der Waals surface area contributed by atoms with Gasteiger partial charge in [-0.15, -0.1) is 0 Å². The molecule has 0 bridgehead atoms. The molecule has 0 aliphatic carbocycles. The monoisotopic (exact) mass is 321 g/mol. The molecule has 0 atom stereocenters. The van der Waals surface area contributed by atoms with Gasteiger partial charge in [0.1, 0.15) is 5.75 Å². The van der Waals surface area contributed by atoms with Crippen LogP contribution in [0.25, 0.3) is 0 Å². The molecule has 0 unspecified atom stereocenters. The number of nitriles is 1. The van der Waals surface area contributed by atoms with Crippen LogP contribution in [0.3, 0.4) is 0 Å². The van der Waals surface area contributed by atoms with E-state index < -0.39 is 0 Å². The number of nitrogens with zero attached hydrogens (tertiary/aromatic N) is 1. The Morgan fingerprint density at radius 3 is 2.75 bits per heavy atom. The standard InChI is InChI=1S/C18H15N3O3/c19-10-12-1-4-14(5-2-12)20-18(23)11-24-15-6-7-16-13(9-15)3-8-17(22)21-16/h1-2,4-7,9H,3,8,11H2,(H,20,23)(H,21,22). The molecule has 0 fully saturated rings. The second-order valence-electron chi connectivity index (χ2n) is 5.39. The van der Waals surface area contributed by atoms with Crippen molar-refractivity contribution in [3.05, 3.63) is 53.6 Å². The fraction of sp³-hybridized carbons (Fsp3) is 0.167. The van der Waals surface area contributed by atoms with Crippen molar-refractivity contribution in [3.63, 3.8) is 0 Å². The van der Waals surface area contributed by atoms with Crippen molar-refractivity contribution in [3.8, 4) is 11.8 Å². The number of ether oxygens (including phenoxy) is 1. The molecule has 0 aromatic heterocycles. The number of hydrogen-bond acceptors (Lipinski definition) is 4. The molecule has 6 heteroatoms. The number of rotatable bonds is 4. The Kier molecular flexibility index (Phi) is 4.43. The lowest BCUT2D eigenvalue weighted by Gasteiger charge is -2.17. The summed E-state index contributed by atoms with van der Waals surface area (Å²) in [6, 6.07) is 14.0. The first-order chi connectivity index (χ1) is 11.6. The lowest BCUT2D eigenvalue weighted by atomic mass is 10.0. The normalized spacial score (nSPS) is 12.5. The van der Waals surface area contributed by atoms with Crippen LogP contribution in [-0.4, -0.2) is 18.4 Å². The summed E-state index contributed by atoms with van der Waals surface area (Å²) in [7, 11) is 0. The summed E-state index contributed by atoms with van der Waals surface area (Å²) in [6.07, 6.45) is 1.12. The molecule has 2 amide bonds. The van der Waals surface area contributed by atoms with Crippen molar-refractivity contribution in [2.75, 3.05) is 17.2 Å². The Morgan fingerprint density at radius 1 is 1.21 bits per heavy atom. The molecule has 2 aromatic rings. The number of hydrogen-bond donors (Lipinski definition) is 2. The highest BCUT2D eigenvalue weighted by Crippen LogP contribution is 2.26. The van der Waals surface area contributed by atoms with Gasteiger partial charge in [-0.3, -0.25) is 9.59 Å². The van der Waals surface area contributed by atoms with Gasteiger partial charge in [0.25, 0.3) is 5.91 Å². The van der Waals surface area contributed by atoms with Crippen molar-refractivity contribution in [2.45, 2.75) is 12.8 Å². The van der Waals surface area contributed by atoms with Gasteiger partial charge < -0.3 is 15.4 Å². The van der Waals surface area contributed by atoms with Gasteiger partial charge in [-0.2, -0.15) is 5.26 Å². The average molecular weight is 321 g/mol. The van der Waals surface area contributed by atoms with Crippen LogP contribution in [0, 0.1) is 11.3 Å². The number of carbonyl (C=O) groups is 2. The molecule has 1 heterocycles. The summed E-state index contributed by atoms with van der Waals surface area (Å²) in [5.41, 5.74) is 2.93. The molecule has 24 heavy (non-hydrogen) atoms. The van der Waals surface area contributed by atoms with E-state index in [9.17, 15) is 9.59 Å². The predicted octanol–water partition coefficient (Wildman–Crippen LogP) is 2.46. The smallest absolute Gasteiger partial charge is 0.262 e. The number of aryl methyl sites for hydroxylation is 1. The van der Waals surface area contributed by atoms with Gasteiger partial charge in [0, 0.05) is 17.8 Å². The highest BCUT2D eigenvalue weighted by atomic mass is 16.5. The SMILES string of the molecule is N#Cc1ccc(NC(=O)COc2ccc3c(c2)CCC(=O)N3)cc1. The van der Waals surface area contributed by atoms with Crippen molar-refractivity contribution in [2.24, 2.45) is 0 Å². The van der Waals surface area contributed by atoms with Crippen molar-refractivity contribution in [1.82, 2.24) is 0 Å². The summed E-state index contributed by atoms with van der Waals surface area (Å²) in [5.74, 6) is 0.309. The average Bonchev–Trinajstić information content (AvgIpc) is 2.60. The van der Waals surface area contributed by atoms with E-state index in [0.717, 1.165) is 11.3 Å². The summed E-state index contributed by atoms with van der Waals surface area (Å²) < 4.78 is 5.50. The van der Waals surface area contributed by atoms with Gasteiger partial charge in [0.05, 0.1) is 11.6 Å². The molecular formula is C18H15N3O3. The number of fused-ring (bicyclic) bond motifs is 1. The predicted molar refractivity (Wildman–Crippen MR) is 88.7 cm³/mol. The molecule has 1 aliphatic heterocycles. The van der Waals surface area contributed by atoms with E-state index in [2.05, 4.69) is 10.6 Å². The Morgan fingerprint density at radius 2 is 2.00 bits per heavy atom. The van der Waals surface area contributed by atoms with E-state index in [1.165, 1.54) is 0 Å². The minimum absolute atomic E-state index is 0.0120.